The zero-order valence-corrected chi connectivity index (χ0v) is 18.5. The summed E-state index contributed by atoms with van der Waals surface area (Å²) in [6.07, 6.45) is 1.36. The molecule has 0 radical (unpaired) electrons. The van der Waals surface area contributed by atoms with Crippen LogP contribution in [0.15, 0.2) is 90.1 Å². The highest BCUT2D eigenvalue weighted by molar-refractivity contribution is 6.01. The lowest BCUT2D eigenvalue weighted by molar-refractivity contribution is -0.118. The van der Waals surface area contributed by atoms with E-state index in [0.29, 0.717) is 13.0 Å². The zero-order valence-electron chi connectivity index (χ0n) is 18.5. The molecule has 2 N–H and O–H groups in total. The lowest BCUT2D eigenvalue weighted by Gasteiger charge is -2.34. The molecule has 3 aromatic carbocycles. The number of Topliss-reactive ketones (excluding diaryl/α,β-unsaturated/α-hetero) is 1. The van der Waals surface area contributed by atoms with E-state index in [2.05, 4.69) is 54.8 Å². The van der Waals surface area contributed by atoms with E-state index in [0.717, 1.165) is 45.9 Å². The summed E-state index contributed by atoms with van der Waals surface area (Å²) >= 11 is 0. The van der Waals surface area contributed by atoms with Gasteiger partial charge in [0.1, 0.15) is 12.4 Å². The van der Waals surface area contributed by atoms with Gasteiger partial charge in [0.15, 0.2) is 5.78 Å². The molecule has 1 aliphatic heterocycles. The Morgan fingerprint density at radius 1 is 0.875 bits per heavy atom. The third-order valence-corrected chi connectivity index (χ3v) is 6.19. The summed E-state index contributed by atoms with van der Waals surface area (Å²) in [6, 6.07) is 26.0. The van der Waals surface area contributed by atoms with Gasteiger partial charge in [0.2, 0.25) is 0 Å². The van der Waals surface area contributed by atoms with Crippen molar-refractivity contribution in [3.63, 3.8) is 0 Å². The van der Waals surface area contributed by atoms with Crippen LogP contribution in [0.3, 0.4) is 0 Å². The third-order valence-electron chi connectivity index (χ3n) is 6.19. The topological polar surface area (TPSA) is 50.4 Å². The van der Waals surface area contributed by atoms with Crippen LogP contribution in [0.5, 0.6) is 5.75 Å². The van der Waals surface area contributed by atoms with Gasteiger partial charge >= 0.3 is 0 Å². The molecule has 0 amide bonds. The van der Waals surface area contributed by atoms with Crippen molar-refractivity contribution in [3.05, 3.63) is 101 Å². The highest BCUT2D eigenvalue weighted by atomic mass is 16.5. The van der Waals surface area contributed by atoms with Gasteiger partial charge in [0.05, 0.1) is 17.4 Å². The first-order valence-corrected chi connectivity index (χ1v) is 11.1. The zero-order chi connectivity index (χ0) is 22.1. The summed E-state index contributed by atoms with van der Waals surface area (Å²) in [5.41, 5.74) is 5.81. The Bertz CT molecular complexity index is 1180. The molecule has 0 saturated carbocycles. The Morgan fingerprint density at radius 3 is 2.38 bits per heavy atom. The largest absolute Gasteiger partial charge is 0.489 e. The van der Waals surface area contributed by atoms with Gasteiger partial charge in [-0.3, -0.25) is 4.79 Å². The van der Waals surface area contributed by atoms with Gasteiger partial charge in [0.25, 0.3) is 0 Å². The maximum Gasteiger partial charge on any atom is 0.163 e. The second-order valence-electron chi connectivity index (χ2n) is 9.39. The van der Waals surface area contributed by atoms with E-state index in [-0.39, 0.29) is 17.2 Å². The number of hydrogen-bond donors (Lipinski definition) is 2. The highest BCUT2D eigenvalue weighted by Crippen LogP contribution is 2.46. The van der Waals surface area contributed by atoms with Gasteiger partial charge in [0, 0.05) is 23.3 Å². The number of ether oxygens (including phenoxy) is 1. The molecule has 1 aliphatic carbocycles. The van der Waals surface area contributed by atoms with E-state index < -0.39 is 0 Å². The lowest BCUT2D eigenvalue weighted by atomic mass is 9.73. The lowest BCUT2D eigenvalue weighted by Crippen LogP contribution is -2.31. The van der Waals surface area contributed by atoms with Crippen molar-refractivity contribution in [1.29, 1.82) is 0 Å². The van der Waals surface area contributed by atoms with Gasteiger partial charge in [-0.2, -0.15) is 0 Å². The molecule has 162 valence electrons. The van der Waals surface area contributed by atoms with E-state index in [1.165, 1.54) is 0 Å². The number of para-hydroxylation sites is 3. The van der Waals surface area contributed by atoms with Gasteiger partial charge in [-0.15, -0.1) is 0 Å². The number of hydrogen-bond acceptors (Lipinski definition) is 4. The van der Waals surface area contributed by atoms with Crippen LogP contribution in [0.4, 0.5) is 11.4 Å². The Kier molecular flexibility index (Phi) is 5.22. The van der Waals surface area contributed by atoms with Crippen molar-refractivity contribution in [1.82, 2.24) is 0 Å². The number of allylic oxidation sites excluding steroid dienone is 1. The molecule has 0 aromatic heterocycles. The molecular formula is C28H28N2O2. The van der Waals surface area contributed by atoms with Crippen LogP contribution in [-0.2, 0) is 11.4 Å². The summed E-state index contributed by atoms with van der Waals surface area (Å²) in [5.74, 6) is 0.977. The normalized spacial score (nSPS) is 19.2. The van der Waals surface area contributed by atoms with E-state index in [1.807, 2.05) is 48.5 Å². The quantitative estimate of drug-likeness (QED) is 0.503. The monoisotopic (exact) mass is 424 g/mol. The number of nitrogens with one attached hydrogen (secondary N) is 2. The van der Waals surface area contributed by atoms with Crippen LogP contribution < -0.4 is 15.4 Å². The van der Waals surface area contributed by atoms with Crippen molar-refractivity contribution in [2.24, 2.45) is 5.41 Å². The summed E-state index contributed by atoms with van der Waals surface area (Å²) in [5, 5.41) is 7.23. The minimum absolute atomic E-state index is 0.0733. The Morgan fingerprint density at radius 2 is 1.56 bits per heavy atom. The fourth-order valence-corrected chi connectivity index (χ4v) is 4.71. The summed E-state index contributed by atoms with van der Waals surface area (Å²) in [6.45, 7) is 4.80. The van der Waals surface area contributed by atoms with Crippen LogP contribution in [0.25, 0.3) is 0 Å². The van der Waals surface area contributed by atoms with Crippen LogP contribution in [0.2, 0.25) is 0 Å². The number of carbonyl (C=O) groups is 1. The Balaban J connectivity index is 1.58. The molecule has 0 fully saturated rings. The molecule has 1 heterocycles. The molecule has 0 spiro atoms. The van der Waals surface area contributed by atoms with Crippen molar-refractivity contribution in [3.8, 4) is 5.75 Å². The fourth-order valence-electron chi connectivity index (χ4n) is 4.71. The Hall–Kier alpha value is -3.53. The Labute approximate surface area is 189 Å². The molecule has 32 heavy (non-hydrogen) atoms. The molecule has 0 unspecified atom stereocenters. The number of carbonyl (C=O) groups excluding carboxylic acids is 1. The smallest absolute Gasteiger partial charge is 0.163 e. The SMILES string of the molecule is CC1(C)CC(=O)C2=C(C1)Nc1ccccc1N[C@@H]2c1ccccc1OCc1ccccc1. The number of anilines is 2. The summed E-state index contributed by atoms with van der Waals surface area (Å²) in [7, 11) is 0. The number of ketones is 1. The van der Waals surface area contributed by atoms with Crippen molar-refractivity contribution in [2.45, 2.75) is 39.3 Å². The van der Waals surface area contributed by atoms with Gasteiger partial charge in [-0.05, 0) is 35.6 Å². The van der Waals surface area contributed by atoms with E-state index >= 15 is 0 Å². The molecule has 4 nitrogen and oxygen atoms in total. The van der Waals surface area contributed by atoms with E-state index in [4.69, 9.17) is 4.74 Å². The first kappa shape index (κ1) is 20.4. The molecule has 0 bridgehead atoms. The number of benzene rings is 3. The standard InChI is InChI=1S/C28H28N2O2/c1-28(2)16-23-26(24(31)17-28)27(30-22-14-8-7-13-21(22)29-23)20-12-6-9-15-25(20)32-18-19-10-4-3-5-11-19/h3-15,27,29-30H,16-18H2,1-2H3/t27-/m1/s1. The molecule has 4 heteroatoms. The maximum atomic E-state index is 13.4. The summed E-state index contributed by atoms with van der Waals surface area (Å²) < 4.78 is 6.27. The van der Waals surface area contributed by atoms with Crippen LogP contribution in [0.1, 0.15) is 43.9 Å². The molecule has 2 aliphatic rings. The predicted molar refractivity (Wildman–Crippen MR) is 129 cm³/mol. The first-order valence-electron chi connectivity index (χ1n) is 11.1. The molecule has 5 rings (SSSR count). The first-order chi connectivity index (χ1) is 15.5. The second kappa shape index (κ2) is 8.19. The van der Waals surface area contributed by atoms with Gasteiger partial charge in [-0.25, -0.2) is 0 Å². The second-order valence-corrected chi connectivity index (χ2v) is 9.39. The average Bonchev–Trinajstić information content (AvgIpc) is 2.94. The number of fused-ring (bicyclic) bond motifs is 1. The molecule has 3 aromatic rings. The van der Waals surface area contributed by atoms with Crippen molar-refractivity contribution >= 4 is 17.2 Å². The average molecular weight is 425 g/mol. The van der Waals surface area contributed by atoms with Crippen LogP contribution in [0, 0.1) is 5.41 Å². The van der Waals surface area contributed by atoms with E-state index in [1.54, 1.807) is 0 Å². The molecule has 1 atom stereocenters. The van der Waals surface area contributed by atoms with Crippen LogP contribution >= 0.6 is 0 Å². The fraction of sp³-hybridized carbons (Fsp3) is 0.250. The predicted octanol–water partition coefficient (Wildman–Crippen LogP) is 6.49. The number of rotatable bonds is 4. The molecule has 0 saturated heterocycles. The van der Waals surface area contributed by atoms with Crippen molar-refractivity contribution < 1.29 is 9.53 Å². The third kappa shape index (κ3) is 4.01. The van der Waals surface area contributed by atoms with Crippen LogP contribution in [-0.4, -0.2) is 5.78 Å². The maximum absolute atomic E-state index is 13.4. The van der Waals surface area contributed by atoms with Gasteiger partial charge < -0.3 is 15.4 Å². The summed E-state index contributed by atoms with van der Waals surface area (Å²) in [4.78, 5) is 13.4. The van der Waals surface area contributed by atoms with E-state index in [9.17, 15) is 4.79 Å². The van der Waals surface area contributed by atoms with Crippen molar-refractivity contribution in [2.75, 3.05) is 10.6 Å². The highest BCUT2D eigenvalue weighted by Gasteiger charge is 2.39. The van der Waals surface area contributed by atoms with Gasteiger partial charge in [-0.1, -0.05) is 74.5 Å². The minimum Gasteiger partial charge on any atom is -0.489 e. The minimum atomic E-state index is -0.281. The molecular weight excluding hydrogens is 396 g/mol.